The molecule has 19 heavy (non-hydrogen) atoms. The molecule has 1 aromatic heterocycles. The van der Waals surface area contributed by atoms with Crippen molar-refractivity contribution in [3.8, 4) is 0 Å². The summed E-state index contributed by atoms with van der Waals surface area (Å²) in [7, 11) is 0. The quantitative estimate of drug-likeness (QED) is 0.828. The normalized spacial score (nSPS) is 17.5. The highest BCUT2D eigenvalue weighted by molar-refractivity contribution is 5.92. The number of hydrogen-bond acceptors (Lipinski definition) is 2. The van der Waals surface area contributed by atoms with Crippen LogP contribution in [0.3, 0.4) is 0 Å². The van der Waals surface area contributed by atoms with E-state index in [0.29, 0.717) is 12.2 Å². The molecule has 1 aliphatic carbocycles. The molecule has 1 aliphatic rings. The van der Waals surface area contributed by atoms with Gasteiger partial charge in [-0.25, -0.2) is 0 Å². The Hall–Kier alpha value is -1.83. The Balaban J connectivity index is 1.90. The highest BCUT2D eigenvalue weighted by Gasteiger charge is 2.41. The summed E-state index contributed by atoms with van der Waals surface area (Å²) in [4.78, 5) is 12.8. The van der Waals surface area contributed by atoms with Crippen LogP contribution in [0.25, 0.3) is 0 Å². The van der Waals surface area contributed by atoms with Crippen molar-refractivity contribution in [3.05, 3.63) is 60.1 Å². The van der Waals surface area contributed by atoms with E-state index in [9.17, 15) is 4.79 Å². The maximum absolute atomic E-state index is 12.8. The van der Waals surface area contributed by atoms with Gasteiger partial charge in [-0.2, -0.15) is 0 Å². The summed E-state index contributed by atoms with van der Waals surface area (Å²) in [5, 5.41) is 0. The second kappa shape index (κ2) is 5.04. The van der Waals surface area contributed by atoms with Crippen molar-refractivity contribution in [1.82, 2.24) is 0 Å². The molecule has 1 aromatic carbocycles. The fraction of sp³-hybridized carbons (Fsp3) is 0.353. The molecule has 0 unspecified atom stereocenters. The Labute approximate surface area is 113 Å². The molecule has 3 rings (SSSR count). The second-order valence-corrected chi connectivity index (χ2v) is 5.39. The molecule has 0 saturated heterocycles. The predicted molar refractivity (Wildman–Crippen MR) is 74.0 cm³/mol. The third-order valence-electron chi connectivity index (χ3n) is 4.26. The minimum atomic E-state index is -0.265. The van der Waals surface area contributed by atoms with E-state index < -0.39 is 0 Å². The molecule has 2 heteroatoms. The van der Waals surface area contributed by atoms with Gasteiger partial charge >= 0.3 is 0 Å². The highest BCUT2D eigenvalue weighted by Crippen LogP contribution is 2.42. The van der Waals surface area contributed by atoms with Gasteiger partial charge in [0.2, 0.25) is 0 Å². The Kier molecular flexibility index (Phi) is 3.24. The van der Waals surface area contributed by atoms with Crippen LogP contribution < -0.4 is 0 Å². The van der Waals surface area contributed by atoms with E-state index in [2.05, 4.69) is 12.1 Å². The molecule has 1 fully saturated rings. The van der Waals surface area contributed by atoms with Gasteiger partial charge in [0.25, 0.3) is 0 Å². The number of hydrogen-bond donors (Lipinski definition) is 0. The zero-order valence-corrected chi connectivity index (χ0v) is 11.0. The summed E-state index contributed by atoms with van der Waals surface area (Å²) in [6, 6.07) is 12.1. The van der Waals surface area contributed by atoms with Crippen LogP contribution in [-0.2, 0) is 16.6 Å². The molecule has 0 amide bonds. The molecular weight excluding hydrogens is 236 g/mol. The van der Waals surface area contributed by atoms with E-state index in [-0.39, 0.29) is 5.41 Å². The average molecular weight is 254 g/mol. The first-order valence-electron chi connectivity index (χ1n) is 6.91. The van der Waals surface area contributed by atoms with Crippen molar-refractivity contribution in [2.24, 2.45) is 0 Å². The maximum Gasteiger partial charge on any atom is 0.147 e. The van der Waals surface area contributed by atoms with Crippen LogP contribution in [0.5, 0.6) is 0 Å². The number of rotatable bonds is 4. The first kappa shape index (κ1) is 12.2. The van der Waals surface area contributed by atoms with Gasteiger partial charge in [-0.1, -0.05) is 43.2 Å². The lowest BCUT2D eigenvalue weighted by Gasteiger charge is -2.28. The molecule has 2 nitrogen and oxygen atoms in total. The van der Waals surface area contributed by atoms with Gasteiger partial charge in [0.1, 0.15) is 5.78 Å². The molecule has 0 bridgehead atoms. The van der Waals surface area contributed by atoms with Crippen LogP contribution in [0.1, 0.15) is 36.8 Å². The summed E-state index contributed by atoms with van der Waals surface area (Å²) < 4.78 is 5.06. The van der Waals surface area contributed by atoms with E-state index in [1.165, 1.54) is 5.56 Å². The van der Waals surface area contributed by atoms with Crippen LogP contribution in [-0.4, -0.2) is 5.78 Å². The van der Waals surface area contributed by atoms with E-state index in [1.54, 1.807) is 12.5 Å². The van der Waals surface area contributed by atoms with Gasteiger partial charge < -0.3 is 4.42 Å². The molecular formula is C17H18O2. The molecule has 0 spiro atoms. The first-order valence-corrected chi connectivity index (χ1v) is 6.91. The van der Waals surface area contributed by atoms with Gasteiger partial charge in [-0.3, -0.25) is 4.79 Å². The summed E-state index contributed by atoms with van der Waals surface area (Å²) in [6.45, 7) is 0. The van der Waals surface area contributed by atoms with Crippen molar-refractivity contribution in [3.63, 3.8) is 0 Å². The zero-order chi connectivity index (χ0) is 13.1. The van der Waals surface area contributed by atoms with Gasteiger partial charge in [0.05, 0.1) is 17.9 Å². The fourth-order valence-electron chi connectivity index (χ4n) is 3.21. The average Bonchev–Trinajstić information content (AvgIpc) is 3.11. The molecule has 0 atom stereocenters. The van der Waals surface area contributed by atoms with Crippen molar-refractivity contribution < 1.29 is 9.21 Å². The fourth-order valence-corrected chi connectivity index (χ4v) is 3.21. The van der Waals surface area contributed by atoms with Crippen molar-refractivity contribution in [2.45, 2.75) is 37.5 Å². The van der Waals surface area contributed by atoms with E-state index in [4.69, 9.17) is 4.42 Å². The zero-order valence-electron chi connectivity index (χ0n) is 11.0. The predicted octanol–water partition coefficient (Wildman–Crippen LogP) is 3.90. The monoisotopic (exact) mass is 254 g/mol. The molecule has 0 radical (unpaired) electrons. The Morgan fingerprint density at radius 1 is 1.11 bits per heavy atom. The van der Waals surface area contributed by atoms with Gasteiger partial charge in [-0.05, 0) is 30.0 Å². The number of carbonyl (C=O) groups excluding carboxylic acids is 1. The van der Waals surface area contributed by atoms with Crippen LogP contribution in [0.2, 0.25) is 0 Å². The summed E-state index contributed by atoms with van der Waals surface area (Å²) in [5.41, 5.74) is 1.90. The third kappa shape index (κ3) is 2.23. The number of furan rings is 1. The molecule has 1 saturated carbocycles. The molecule has 0 aliphatic heterocycles. The van der Waals surface area contributed by atoms with Crippen LogP contribution in [0.15, 0.2) is 53.3 Å². The first-order chi connectivity index (χ1) is 9.31. The standard InChI is InChI=1S/C17H18O2/c18-16(12-14-8-11-19-13-14)17(9-4-5-10-17)15-6-2-1-3-7-15/h1-3,6-8,11,13H,4-5,9-10,12H2. The van der Waals surface area contributed by atoms with Crippen LogP contribution in [0.4, 0.5) is 0 Å². The lowest BCUT2D eigenvalue weighted by molar-refractivity contribution is -0.123. The minimum absolute atomic E-state index is 0.265. The van der Waals surface area contributed by atoms with E-state index in [1.807, 2.05) is 24.3 Å². The number of carbonyl (C=O) groups is 1. The lowest BCUT2D eigenvalue weighted by Crippen LogP contribution is -2.34. The van der Waals surface area contributed by atoms with Gasteiger partial charge in [0.15, 0.2) is 0 Å². The highest BCUT2D eigenvalue weighted by atomic mass is 16.3. The topological polar surface area (TPSA) is 30.2 Å². The number of benzene rings is 1. The Morgan fingerprint density at radius 3 is 2.47 bits per heavy atom. The molecule has 0 N–H and O–H groups in total. The number of ketones is 1. The van der Waals surface area contributed by atoms with Crippen LogP contribution in [0, 0.1) is 0 Å². The summed E-state index contributed by atoms with van der Waals surface area (Å²) >= 11 is 0. The molecule has 2 aromatic rings. The van der Waals surface area contributed by atoms with Crippen LogP contribution >= 0.6 is 0 Å². The SMILES string of the molecule is O=C(Cc1ccoc1)C1(c2ccccc2)CCCC1. The molecule has 98 valence electrons. The minimum Gasteiger partial charge on any atom is -0.472 e. The van der Waals surface area contributed by atoms with E-state index >= 15 is 0 Å². The smallest absolute Gasteiger partial charge is 0.147 e. The third-order valence-corrected chi connectivity index (χ3v) is 4.26. The largest absolute Gasteiger partial charge is 0.472 e. The lowest BCUT2D eigenvalue weighted by atomic mass is 9.74. The number of Topliss-reactive ketones (excluding diaryl/α,β-unsaturated/α-hetero) is 1. The Morgan fingerprint density at radius 2 is 1.84 bits per heavy atom. The van der Waals surface area contributed by atoms with Crippen molar-refractivity contribution >= 4 is 5.78 Å². The van der Waals surface area contributed by atoms with Gasteiger partial charge in [-0.15, -0.1) is 0 Å². The summed E-state index contributed by atoms with van der Waals surface area (Å²) in [5.74, 6) is 0.331. The van der Waals surface area contributed by atoms with Crippen molar-refractivity contribution in [1.29, 1.82) is 0 Å². The van der Waals surface area contributed by atoms with Gasteiger partial charge in [0, 0.05) is 6.42 Å². The maximum atomic E-state index is 12.8. The summed E-state index contributed by atoms with van der Waals surface area (Å²) in [6.07, 6.45) is 8.03. The molecule has 1 heterocycles. The van der Waals surface area contributed by atoms with E-state index in [0.717, 1.165) is 31.2 Å². The Bertz CT molecular complexity index is 534. The second-order valence-electron chi connectivity index (χ2n) is 5.39. The van der Waals surface area contributed by atoms with Crippen molar-refractivity contribution in [2.75, 3.05) is 0 Å².